The highest BCUT2D eigenvalue weighted by atomic mass is 35.5. The van der Waals surface area contributed by atoms with Crippen molar-refractivity contribution in [1.82, 2.24) is 15.5 Å². The summed E-state index contributed by atoms with van der Waals surface area (Å²) in [6.07, 6.45) is -1.21. The maximum Gasteiger partial charge on any atom is 0.422 e. The summed E-state index contributed by atoms with van der Waals surface area (Å²) in [4.78, 5) is 54.0. The number of hydrogen-bond acceptors (Lipinski definition) is 7. The number of nitriles is 1. The van der Waals surface area contributed by atoms with Crippen LogP contribution < -0.4 is 15.4 Å². The lowest BCUT2D eigenvalue weighted by atomic mass is 9.84. The lowest BCUT2D eigenvalue weighted by Crippen LogP contribution is -2.49. The van der Waals surface area contributed by atoms with Crippen molar-refractivity contribution in [3.05, 3.63) is 28.8 Å². The molecule has 2 N–H and O–H groups in total. The molecule has 1 saturated heterocycles. The number of carbonyl (C=O) groups excluding carboxylic acids is 4. The number of nitrogens with one attached hydrogen (secondary N) is 2. The summed E-state index contributed by atoms with van der Waals surface area (Å²) < 4.78 is 47.6. The second kappa shape index (κ2) is 13.4. The quantitative estimate of drug-likeness (QED) is 0.344. The Bertz CT molecular complexity index is 1350. The molecule has 3 aliphatic rings. The van der Waals surface area contributed by atoms with Gasteiger partial charge >= 0.3 is 12.3 Å². The number of ether oxygens (including phenoxy) is 2. The molecule has 3 amide bonds. The predicted molar refractivity (Wildman–Crippen MR) is 156 cm³/mol. The summed E-state index contributed by atoms with van der Waals surface area (Å²) >= 11 is 6.26. The lowest BCUT2D eigenvalue weighted by Gasteiger charge is -2.31. The highest BCUT2D eigenvalue weighted by molar-refractivity contribution is 6.34. The number of hydrogen-bond donors (Lipinski definition) is 2. The maximum absolute atomic E-state index is 13.6. The Kier molecular flexibility index (Phi) is 10.3. The van der Waals surface area contributed by atoms with Gasteiger partial charge in [0.2, 0.25) is 11.8 Å². The molecule has 1 aromatic rings. The van der Waals surface area contributed by atoms with Crippen LogP contribution in [0.1, 0.15) is 82.5 Å². The molecule has 45 heavy (non-hydrogen) atoms. The Labute approximate surface area is 264 Å². The van der Waals surface area contributed by atoms with Crippen molar-refractivity contribution >= 4 is 35.3 Å². The van der Waals surface area contributed by atoms with Crippen molar-refractivity contribution < 1.29 is 41.8 Å². The second-order valence-electron chi connectivity index (χ2n) is 13.2. The summed E-state index contributed by atoms with van der Waals surface area (Å²) in [6, 6.07) is 4.66. The van der Waals surface area contributed by atoms with Gasteiger partial charge < -0.3 is 25.0 Å². The van der Waals surface area contributed by atoms with Crippen molar-refractivity contribution in [2.24, 2.45) is 11.8 Å². The van der Waals surface area contributed by atoms with Gasteiger partial charge in [-0.25, -0.2) is 4.79 Å². The van der Waals surface area contributed by atoms with E-state index in [4.69, 9.17) is 21.1 Å². The van der Waals surface area contributed by atoms with Crippen LogP contribution in [0.2, 0.25) is 5.02 Å². The molecule has 10 nitrogen and oxygen atoms in total. The van der Waals surface area contributed by atoms with Crippen LogP contribution in [0.15, 0.2) is 18.2 Å². The first-order valence-corrected chi connectivity index (χ1v) is 15.4. The zero-order valence-corrected chi connectivity index (χ0v) is 26.2. The Morgan fingerprint density at radius 2 is 1.78 bits per heavy atom. The van der Waals surface area contributed by atoms with Crippen LogP contribution in [0.3, 0.4) is 0 Å². The third-order valence-electron chi connectivity index (χ3n) is 8.26. The van der Waals surface area contributed by atoms with Crippen LogP contribution in [0.25, 0.3) is 0 Å². The third-order valence-corrected chi connectivity index (χ3v) is 8.57. The fraction of sp³-hybridized carbons (Fsp3) is 0.645. The fourth-order valence-corrected chi connectivity index (χ4v) is 6.04. The van der Waals surface area contributed by atoms with Crippen LogP contribution in [-0.2, 0) is 14.3 Å². The van der Waals surface area contributed by atoms with E-state index in [1.807, 2.05) is 0 Å². The van der Waals surface area contributed by atoms with Crippen molar-refractivity contribution in [3.63, 3.8) is 0 Å². The number of amides is 3. The molecule has 0 aromatic heterocycles. The van der Waals surface area contributed by atoms with Crippen LogP contribution in [0.5, 0.6) is 5.75 Å². The highest BCUT2D eigenvalue weighted by Crippen LogP contribution is 2.37. The molecule has 1 aromatic carbocycles. The zero-order valence-electron chi connectivity index (χ0n) is 25.5. The molecule has 1 aliphatic heterocycles. The van der Waals surface area contributed by atoms with Gasteiger partial charge in [-0.05, 0) is 89.8 Å². The standard InChI is InChI=1S/C31H38ClF3N4O6/c1-29(2,3)45-28(43)37-20-6-4-18(5-7-20)12-25(40)39-15-19(13-24(39)27(42)38-30(16-36)10-11-30)26(41)22-9-8-21(14-23(22)32)44-17-31(33,34)35/h8-9,14,18-20,24H,4-7,10-13,15,17H2,1-3H3,(H,37,43)(H,38,42). The van der Waals surface area contributed by atoms with Gasteiger partial charge in [0.05, 0.1) is 11.1 Å². The van der Waals surface area contributed by atoms with Crippen molar-refractivity contribution in [1.29, 1.82) is 5.26 Å². The van der Waals surface area contributed by atoms with E-state index in [9.17, 15) is 37.6 Å². The van der Waals surface area contributed by atoms with E-state index in [1.54, 1.807) is 20.8 Å². The number of alkyl halides is 3. The van der Waals surface area contributed by atoms with Gasteiger partial charge in [-0.2, -0.15) is 18.4 Å². The van der Waals surface area contributed by atoms with E-state index in [2.05, 4.69) is 16.7 Å². The monoisotopic (exact) mass is 654 g/mol. The van der Waals surface area contributed by atoms with Crippen LogP contribution >= 0.6 is 11.6 Å². The zero-order chi connectivity index (χ0) is 33.2. The molecule has 2 atom stereocenters. The van der Waals surface area contributed by atoms with Crippen molar-refractivity contribution in [2.45, 2.75) is 102 Å². The molecule has 0 radical (unpaired) electrons. The Hall–Kier alpha value is -3.53. The molecular formula is C31H38ClF3N4O6. The lowest BCUT2D eigenvalue weighted by molar-refractivity contribution is -0.153. The largest absolute Gasteiger partial charge is 0.484 e. The van der Waals surface area contributed by atoms with Crippen LogP contribution in [0.4, 0.5) is 18.0 Å². The normalized spacial score (nSPS) is 24.3. The number of ketones is 1. The summed E-state index contributed by atoms with van der Waals surface area (Å²) in [5, 5.41) is 15.0. The first kappa shape index (κ1) is 34.3. The number of alkyl carbamates (subject to hydrolysis) is 1. The first-order valence-electron chi connectivity index (χ1n) is 15.0. The molecule has 246 valence electrons. The van der Waals surface area contributed by atoms with Crippen LogP contribution in [0, 0.1) is 23.2 Å². The van der Waals surface area contributed by atoms with Gasteiger partial charge in [0.1, 0.15) is 22.9 Å². The molecule has 2 aliphatic carbocycles. The highest BCUT2D eigenvalue weighted by Gasteiger charge is 2.49. The maximum atomic E-state index is 13.6. The van der Waals surface area contributed by atoms with Gasteiger partial charge in [0, 0.05) is 30.5 Å². The smallest absolute Gasteiger partial charge is 0.422 e. The Morgan fingerprint density at radius 3 is 2.33 bits per heavy atom. The molecular weight excluding hydrogens is 617 g/mol. The topological polar surface area (TPSA) is 138 Å². The number of likely N-dealkylation sites (tertiary alicyclic amines) is 1. The molecule has 3 fully saturated rings. The summed E-state index contributed by atoms with van der Waals surface area (Å²) in [5.41, 5.74) is -1.54. The van der Waals surface area contributed by atoms with E-state index in [0.717, 1.165) is 6.07 Å². The SMILES string of the molecule is CC(C)(C)OC(=O)NC1CCC(CC(=O)N2CC(C(=O)c3ccc(OCC(F)(F)F)cc3Cl)CC2C(=O)NC2(C#N)CC2)CC1. The summed E-state index contributed by atoms with van der Waals surface area (Å²) in [6.45, 7) is 3.79. The Balaban J connectivity index is 1.41. The Morgan fingerprint density at radius 1 is 1.11 bits per heavy atom. The van der Waals surface area contributed by atoms with Gasteiger partial charge in [-0.3, -0.25) is 14.4 Å². The molecule has 2 unspecified atom stereocenters. The van der Waals surface area contributed by atoms with E-state index in [-0.39, 0.29) is 53.6 Å². The summed E-state index contributed by atoms with van der Waals surface area (Å²) in [5.74, 6) is -2.19. The first-order chi connectivity index (χ1) is 21.0. The van der Waals surface area contributed by atoms with Gasteiger partial charge in [0.15, 0.2) is 12.4 Å². The van der Waals surface area contributed by atoms with Crippen molar-refractivity contribution in [2.75, 3.05) is 13.2 Å². The van der Waals surface area contributed by atoms with Gasteiger partial charge in [-0.1, -0.05) is 11.6 Å². The number of Topliss-reactive ketones (excluding diaryl/α,β-unsaturated/α-hetero) is 1. The molecule has 4 rings (SSSR count). The average Bonchev–Trinajstić information content (AvgIpc) is 3.56. The number of benzene rings is 1. The molecule has 0 spiro atoms. The number of halogens is 4. The minimum atomic E-state index is -4.54. The minimum absolute atomic E-state index is 0.00706. The third kappa shape index (κ3) is 9.48. The fourth-order valence-electron chi connectivity index (χ4n) is 5.78. The number of carbonyl (C=O) groups is 4. The second-order valence-corrected chi connectivity index (χ2v) is 13.6. The average molecular weight is 655 g/mol. The summed E-state index contributed by atoms with van der Waals surface area (Å²) in [7, 11) is 0. The molecule has 0 bridgehead atoms. The minimum Gasteiger partial charge on any atom is -0.484 e. The molecule has 14 heteroatoms. The van der Waals surface area contributed by atoms with E-state index in [1.165, 1.54) is 17.0 Å². The van der Waals surface area contributed by atoms with Crippen molar-refractivity contribution in [3.8, 4) is 11.8 Å². The van der Waals surface area contributed by atoms with E-state index >= 15 is 0 Å². The van der Waals surface area contributed by atoms with Gasteiger partial charge in [-0.15, -0.1) is 0 Å². The molecule has 1 heterocycles. The van der Waals surface area contributed by atoms with Gasteiger partial charge in [0.25, 0.3) is 0 Å². The number of rotatable bonds is 9. The van der Waals surface area contributed by atoms with Crippen LogP contribution in [-0.4, -0.2) is 71.1 Å². The number of nitrogens with zero attached hydrogens (tertiary/aromatic N) is 2. The van der Waals surface area contributed by atoms with E-state index in [0.29, 0.717) is 38.5 Å². The molecule has 2 saturated carbocycles. The predicted octanol–water partition coefficient (Wildman–Crippen LogP) is 5.33. The van der Waals surface area contributed by atoms with E-state index < -0.39 is 53.7 Å².